The van der Waals surface area contributed by atoms with E-state index in [-0.39, 0.29) is 12.6 Å². The molecule has 3 nitrogen and oxygen atoms in total. The van der Waals surface area contributed by atoms with Crippen LogP contribution in [-0.4, -0.2) is 5.97 Å². The lowest BCUT2D eigenvalue weighted by Gasteiger charge is -2.08. The van der Waals surface area contributed by atoms with E-state index < -0.39 is 0 Å². The molecular weight excluding hydrogens is 300 g/mol. The molecule has 0 unspecified atom stereocenters. The van der Waals surface area contributed by atoms with Gasteiger partial charge in [-0.1, -0.05) is 60.7 Å². The van der Waals surface area contributed by atoms with Crippen LogP contribution in [-0.2, 0) is 18.0 Å². The molecule has 0 amide bonds. The molecular formula is C21H18O3. The van der Waals surface area contributed by atoms with E-state index in [2.05, 4.69) is 0 Å². The zero-order valence-corrected chi connectivity index (χ0v) is 13.2. The van der Waals surface area contributed by atoms with Crippen molar-refractivity contribution in [3.8, 4) is 5.75 Å². The predicted octanol–water partition coefficient (Wildman–Crippen LogP) is 4.62. The van der Waals surface area contributed by atoms with Gasteiger partial charge in [0.05, 0.1) is 5.56 Å². The van der Waals surface area contributed by atoms with Crippen LogP contribution in [0.25, 0.3) is 0 Å². The van der Waals surface area contributed by atoms with E-state index in [1.54, 1.807) is 12.1 Å². The van der Waals surface area contributed by atoms with Crippen LogP contribution < -0.4 is 4.74 Å². The molecule has 0 saturated heterocycles. The Morgan fingerprint density at radius 2 is 1.25 bits per heavy atom. The van der Waals surface area contributed by atoms with Crippen molar-refractivity contribution in [2.24, 2.45) is 0 Å². The molecule has 0 N–H and O–H groups in total. The monoisotopic (exact) mass is 318 g/mol. The average molecular weight is 318 g/mol. The minimum absolute atomic E-state index is 0.243. The van der Waals surface area contributed by atoms with Crippen molar-refractivity contribution < 1.29 is 14.3 Å². The first kappa shape index (κ1) is 15.8. The van der Waals surface area contributed by atoms with Gasteiger partial charge in [0, 0.05) is 0 Å². The smallest absolute Gasteiger partial charge is 0.338 e. The van der Waals surface area contributed by atoms with Gasteiger partial charge in [0.15, 0.2) is 0 Å². The molecule has 0 aromatic heterocycles. The maximum Gasteiger partial charge on any atom is 0.338 e. The number of esters is 1. The zero-order chi connectivity index (χ0) is 16.6. The predicted molar refractivity (Wildman–Crippen MR) is 92.8 cm³/mol. The molecule has 3 aromatic carbocycles. The molecule has 3 aromatic rings. The normalized spacial score (nSPS) is 10.2. The first-order valence-electron chi connectivity index (χ1n) is 7.79. The Kier molecular flexibility index (Phi) is 5.25. The van der Waals surface area contributed by atoms with Gasteiger partial charge in [0.2, 0.25) is 0 Å². The van der Waals surface area contributed by atoms with Crippen LogP contribution in [0.5, 0.6) is 5.75 Å². The van der Waals surface area contributed by atoms with Crippen molar-refractivity contribution in [1.29, 1.82) is 0 Å². The molecule has 0 aliphatic rings. The summed E-state index contributed by atoms with van der Waals surface area (Å²) in [4.78, 5) is 11.9. The summed E-state index contributed by atoms with van der Waals surface area (Å²) in [5.74, 6) is 0.469. The first-order valence-corrected chi connectivity index (χ1v) is 7.79. The fourth-order valence-corrected chi connectivity index (χ4v) is 2.23. The van der Waals surface area contributed by atoms with Crippen LogP contribution >= 0.6 is 0 Å². The molecule has 0 aliphatic heterocycles. The van der Waals surface area contributed by atoms with Crippen molar-refractivity contribution in [3.05, 3.63) is 102 Å². The first-order chi connectivity index (χ1) is 11.8. The standard InChI is InChI=1S/C21H18O3/c22-21(19-9-5-2-6-10-19)24-16-18-11-13-20(14-12-18)23-15-17-7-3-1-4-8-17/h1-14H,15-16H2. The quantitative estimate of drug-likeness (QED) is 0.622. The fourth-order valence-electron chi connectivity index (χ4n) is 2.23. The van der Waals surface area contributed by atoms with Crippen LogP contribution in [0, 0.1) is 0 Å². The Morgan fingerprint density at radius 1 is 0.667 bits per heavy atom. The van der Waals surface area contributed by atoms with Crippen LogP contribution in [0.4, 0.5) is 0 Å². The molecule has 0 bridgehead atoms. The number of carbonyl (C=O) groups excluding carboxylic acids is 1. The zero-order valence-electron chi connectivity index (χ0n) is 13.2. The third-order valence-electron chi connectivity index (χ3n) is 3.55. The number of rotatable bonds is 6. The largest absolute Gasteiger partial charge is 0.489 e. The highest BCUT2D eigenvalue weighted by Crippen LogP contribution is 2.15. The summed E-state index contributed by atoms with van der Waals surface area (Å²) in [6, 6.07) is 26.6. The van der Waals surface area contributed by atoms with Gasteiger partial charge in [0.1, 0.15) is 19.0 Å². The molecule has 0 radical (unpaired) electrons. The van der Waals surface area contributed by atoms with Crippen molar-refractivity contribution in [1.82, 2.24) is 0 Å². The molecule has 0 fully saturated rings. The van der Waals surface area contributed by atoms with E-state index in [1.165, 1.54) is 0 Å². The Labute approximate surface area is 141 Å². The maximum absolute atomic E-state index is 11.9. The number of carbonyl (C=O) groups is 1. The van der Waals surface area contributed by atoms with Gasteiger partial charge >= 0.3 is 5.97 Å². The average Bonchev–Trinajstić information content (AvgIpc) is 2.67. The molecule has 0 heterocycles. The third kappa shape index (κ3) is 4.46. The maximum atomic E-state index is 11.9. The van der Waals surface area contributed by atoms with Crippen molar-refractivity contribution in [2.75, 3.05) is 0 Å². The van der Waals surface area contributed by atoms with Crippen LogP contribution in [0.3, 0.4) is 0 Å². The van der Waals surface area contributed by atoms with Gasteiger partial charge in [-0.05, 0) is 35.4 Å². The van der Waals surface area contributed by atoms with Crippen LogP contribution in [0.15, 0.2) is 84.9 Å². The highest BCUT2D eigenvalue weighted by Gasteiger charge is 2.06. The molecule has 0 spiro atoms. The summed E-state index contributed by atoms with van der Waals surface area (Å²) in [7, 11) is 0. The highest BCUT2D eigenvalue weighted by atomic mass is 16.5. The molecule has 0 atom stereocenters. The Balaban J connectivity index is 1.50. The molecule has 24 heavy (non-hydrogen) atoms. The van der Waals surface area contributed by atoms with Gasteiger partial charge in [-0.2, -0.15) is 0 Å². The van der Waals surface area contributed by atoms with Crippen molar-refractivity contribution in [2.45, 2.75) is 13.2 Å². The molecule has 3 rings (SSSR count). The van der Waals surface area contributed by atoms with E-state index >= 15 is 0 Å². The number of hydrogen-bond acceptors (Lipinski definition) is 3. The van der Waals surface area contributed by atoms with E-state index in [9.17, 15) is 4.79 Å². The Hall–Kier alpha value is -3.07. The second-order valence-corrected chi connectivity index (χ2v) is 5.36. The van der Waals surface area contributed by atoms with E-state index in [4.69, 9.17) is 9.47 Å². The summed E-state index contributed by atoms with van der Waals surface area (Å²) >= 11 is 0. The van der Waals surface area contributed by atoms with Crippen LogP contribution in [0.1, 0.15) is 21.5 Å². The van der Waals surface area contributed by atoms with Crippen molar-refractivity contribution in [3.63, 3.8) is 0 Å². The van der Waals surface area contributed by atoms with Crippen molar-refractivity contribution >= 4 is 5.97 Å². The molecule has 0 saturated carbocycles. The topological polar surface area (TPSA) is 35.5 Å². The highest BCUT2D eigenvalue weighted by molar-refractivity contribution is 5.89. The lowest BCUT2D eigenvalue weighted by molar-refractivity contribution is 0.0472. The van der Waals surface area contributed by atoms with Gasteiger partial charge in [0.25, 0.3) is 0 Å². The second-order valence-electron chi connectivity index (χ2n) is 5.36. The summed E-state index contributed by atoms with van der Waals surface area (Å²) in [6.45, 7) is 0.774. The third-order valence-corrected chi connectivity index (χ3v) is 3.55. The lowest BCUT2D eigenvalue weighted by atomic mass is 10.2. The fraction of sp³-hybridized carbons (Fsp3) is 0.0952. The van der Waals surface area contributed by atoms with E-state index in [0.717, 1.165) is 16.9 Å². The minimum Gasteiger partial charge on any atom is -0.489 e. The lowest BCUT2D eigenvalue weighted by Crippen LogP contribution is -2.04. The number of benzene rings is 3. The number of hydrogen-bond donors (Lipinski definition) is 0. The summed E-state index contributed by atoms with van der Waals surface area (Å²) < 4.78 is 11.0. The van der Waals surface area contributed by atoms with Crippen LogP contribution in [0.2, 0.25) is 0 Å². The summed E-state index contributed by atoms with van der Waals surface area (Å²) in [5, 5.41) is 0. The Bertz CT molecular complexity index is 765. The molecule has 3 heteroatoms. The number of ether oxygens (including phenoxy) is 2. The van der Waals surface area contributed by atoms with E-state index in [0.29, 0.717) is 12.2 Å². The summed E-state index contributed by atoms with van der Waals surface area (Å²) in [5.41, 5.74) is 2.60. The SMILES string of the molecule is O=C(OCc1ccc(OCc2ccccc2)cc1)c1ccccc1. The molecule has 0 aliphatic carbocycles. The van der Waals surface area contributed by atoms with Gasteiger partial charge < -0.3 is 9.47 Å². The molecule has 120 valence electrons. The van der Waals surface area contributed by atoms with Gasteiger partial charge in [-0.3, -0.25) is 0 Å². The summed E-state index contributed by atoms with van der Waals surface area (Å²) in [6.07, 6.45) is 0. The minimum atomic E-state index is -0.319. The Morgan fingerprint density at radius 3 is 1.92 bits per heavy atom. The second kappa shape index (κ2) is 7.97. The van der Waals surface area contributed by atoms with Gasteiger partial charge in [-0.25, -0.2) is 4.79 Å². The van der Waals surface area contributed by atoms with Gasteiger partial charge in [-0.15, -0.1) is 0 Å². The van der Waals surface area contributed by atoms with E-state index in [1.807, 2.05) is 72.8 Å².